The average Bonchev–Trinajstić information content (AvgIpc) is 2.46. The molecule has 1 rings (SSSR count). The van der Waals surface area contributed by atoms with Crippen LogP contribution in [0.4, 0.5) is 5.88 Å². The van der Waals surface area contributed by atoms with E-state index in [1.807, 2.05) is 0 Å². The van der Waals surface area contributed by atoms with Gasteiger partial charge < -0.3 is 9.15 Å². The summed E-state index contributed by atoms with van der Waals surface area (Å²) in [6.45, 7) is 1.46. The van der Waals surface area contributed by atoms with Gasteiger partial charge in [-0.2, -0.15) is 0 Å². The number of hydrogen-bond acceptors (Lipinski definition) is 5. The summed E-state index contributed by atoms with van der Waals surface area (Å²) in [5.41, 5.74) is 0.0780. The topological polar surface area (TPSA) is 82.6 Å². The fourth-order valence-corrected chi connectivity index (χ4v) is 0.869. The molecule has 0 aliphatic carbocycles. The Morgan fingerprint density at radius 2 is 2.31 bits per heavy atom. The maximum absolute atomic E-state index is 11.0. The smallest absolute Gasteiger partial charge is 0.434 e. The predicted octanol–water partition coefficient (Wildman–Crippen LogP) is 1.28. The van der Waals surface area contributed by atoms with Crippen molar-refractivity contribution in [1.82, 2.24) is 0 Å². The van der Waals surface area contributed by atoms with Crippen LogP contribution in [-0.4, -0.2) is 18.0 Å². The fourth-order valence-electron chi connectivity index (χ4n) is 0.869. The standard InChI is InChI=1S/C7H7NO5/c1-4-5(7(9)12-2)3-6(13-4)8(10)11/h3H,1-2H3. The molecule has 6 nitrogen and oxygen atoms in total. The first-order valence-electron chi connectivity index (χ1n) is 3.39. The third kappa shape index (κ3) is 1.66. The second-order valence-corrected chi connectivity index (χ2v) is 2.30. The van der Waals surface area contributed by atoms with Crippen molar-refractivity contribution in [2.24, 2.45) is 0 Å². The summed E-state index contributed by atoms with van der Waals surface area (Å²) in [5.74, 6) is -0.925. The first-order chi connectivity index (χ1) is 6.06. The maximum atomic E-state index is 11.0. The van der Waals surface area contributed by atoms with Crippen molar-refractivity contribution in [3.8, 4) is 0 Å². The molecule has 0 aliphatic rings. The number of furan rings is 1. The summed E-state index contributed by atoms with van der Waals surface area (Å²) in [4.78, 5) is 20.5. The minimum atomic E-state index is -0.709. The van der Waals surface area contributed by atoms with Gasteiger partial charge in [0.2, 0.25) is 0 Å². The third-order valence-corrected chi connectivity index (χ3v) is 1.49. The second kappa shape index (κ2) is 3.26. The zero-order valence-electron chi connectivity index (χ0n) is 7.07. The lowest BCUT2D eigenvalue weighted by atomic mass is 10.3. The quantitative estimate of drug-likeness (QED) is 0.393. The third-order valence-electron chi connectivity index (χ3n) is 1.49. The van der Waals surface area contributed by atoms with Crippen molar-refractivity contribution >= 4 is 11.9 Å². The monoisotopic (exact) mass is 185 g/mol. The number of nitrogens with zero attached hydrogens (tertiary/aromatic N) is 1. The molecule has 0 unspecified atom stereocenters. The molecule has 0 saturated heterocycles. The molecule has 0 saturated carbocycles. The van der Waals surface area contributed by atoms with Crippen LogP contribution in [0.2, 0.25) is 0 Å². The van der Waals surface area contributed by atoms with E-state index >= 15 is 0 Å². The van der Waals surface area contributed by atoms with Crippen LogP contribution in [0, 0.1) is 17.0 Å². The molecular formula is C7H7NO5. The van der Waals surface area contributed by atoms with Crippen molar-refractivity contribution < 1.29 is 18.9 Å². The Kier molecular flexibility index (Phi) is 2.32. The fraction of sp³-hybridized carbons (Fsp3) is 0.286. The van der Waals surface area contributed by atoms with Crippen LogP contribution in [0.5, 0.6) is 0 Å². The minimum absolute atomic E-state index is 0.0780. The largest absolute Gasteiger partial charge is 0.465 e. The molecule has 1 heterocycles. The van der Waals surface area contributed by atoms with E-state index in [1.165, 1.54) is 14.0 Å². The highest BCUT2D eigenvalue weighted by Gasteiger charge is 2.21. The first kappa shape index (κ1) is 9.24. The van der Waals surface area contributed by atoms with Crippen LogP contribution in [0.25, 0.3) is 0 Å². The van der Waals surface area contributed by atoms with Gasteiger partial charge in [0.05, 0.1) is 13.2 Å². The summed E-state index contributed by atoms with van der Waals surface area (Å²) in [6.07, 6.45) is 0. The number of aryl methyl sites for hydroxylation is 1. The number of methoxy groups -OCH3 is 1. The molecule has 0 atom stereocenters. The summed E-state index contributed by atoms with van der Waals surface area (Å²) < 4.78 is 9.09. The Morgan fingerprint density at radius 1 is 1.69 bits per heavy atom. The molecule has 0 fully saturated rings. The van der Waals surface area contributed by atoms with Crippen molar-refractivity contribution in [1.29, 1.82) is 0 Å². The van der Waals surface area contributed by atoms with E-state index in [0.717, 1.165) is 6.07 Å². The van der Waals surface area contributed by atoms with E-state index in [0.29, 0.717) is 0 Å². The van der Waals surface area contributed by atoms with Gasteiger partial charge in [-0.15, -0.1) is 0 Å². The van der Waals surface area contributed by atoms with Gasteiger partial charge in [0.15, 0.2) is 0 Å². The van der Waals surface area contributed by atoms with Gasteiger partial charge in [0, 0.05) is 0 Å². The lowest BCUT2D eigenvalue weighted by molar-refractivity contribution is -0.402. The number of rotatable bonds is 2. The van der Waals surface area contributed by atoms with E-state index < -0.39 is 16.8 Å². The molecule has 70 valence electrons. The molecule has 13 heavy (non-hydrogen) atoms. The normalized spacial score (nSPS) is 9.69. The Morgan fingerprint density at radius 3 is 2.69 bits per heavy atom. The van der Waals surface area contributed by atoms with Crippen LogP contribution in [0.3, 0.4) is 0 Å². The van der Waals surface area contributed by atoms with Crippen LogP contribution >= 0.6 is 0 Å². The molecule has 0 amide bonds. The van der Waals surface area contributed by atoms with Gasteiger partial charge >= 0.3 is 11.9 Å². The molecule has 0 aliphatic heterocycles. The summed E-state index contributed by atoms with van der Waals surface area (Å²) in [5, 5.41) is 10.2. The Balaban J connectivity index is 3.10. The Bertz CT molecular complexity index is 354. The van der Waals surface area contributed by atoms with E-state index in [-0.39, 0.29) is 11.3 Å². The van der Waals surface area contributed by atoms with Gasteiger partial charge in [-0.1, -0.05) is 0 Å². The van der Waals surface area contributed by atoms with Gasteiger partial charge in [-0.05, 0) is 6.92 Å². The summed E-state index contributed by atoms with van der Waals surface area (Å²) in [6, 6.07) is 1.04. The van der Waals surface area contributed by atoms with Crippen molar-refractivity contribution in [2.45, 2.75) is 6.92 Å². The Labute approximate surface area is 73.2 Å². The van der Waals surface area contributed by atoms with Crippen LogP contribution in [-0.2, 0) is 4.74 Å². The predicted molar refractivity (Wildman–Crippen MR) is 41.4 cm³/mol. The van der Waals surface area contributed by atoms with Crippen molar-refractivity contribution in [3.63, 3.8) is 0 Å². The summed E-state index contributed by atoms with van der Waals surface area (Å²) in [7, 11) is 1.20. The number of nitro groups is 1. The van der Waals surface area contributed by atoms with E-state index in [4.69, 9.17) is 4.42 Å². The molecule has 0 aromatic carbocycles. The van der Waals surface area contributed by atoms with Crippen LogP contribution in [0.1, 0.15) is 16.1 Å². The SMILES string of the molecule is COC(=O)c1cc([N+](=O)[O-])oc1C. The van der Waals surface area contributed by atoms with Gasteiger partial charge in [0.25, 0.3) is 0 Å². The lowest BCUT2D eigenvalue weighted by Gasteiger charge is -1.92. The molecule has 0 radical (unpaired) electrons. The summed E-state index contributed by atoms with van der Waals surface area (Å²) >= 11 is 0. The number of carbonyl (C=O) groups excluding carboxylic acids is 1. The van der Waals surface area contributed by atoms with Crippen molar-refractivity contribution in [3.05, 3.63) is 27.5 Å². The lowest BCUT2D eigenvalue weighted by Crippen LogP contribution is -2.00. The molecule has 6 heteroatoms. The van der Waals surface area contributed by atoms with Crippen LogP contribution in [0.15, 0.2) is 10.5 Å². The highest BCUT2D eigenvalue weighted by molar-refractivity contribution is 5.90. The number of esters is 1. The number of carbonyl (C=O) groups is 1. The molecule has 0 spiro atoms. The van der Waals surface area contributed by atoms with Gasteiger partial charge in [-0.25, -0.2) is 4.79 Å². The number of ether oxygens (including phenoxy) is 1. The van der Waals surface area contributed by atoms with Gasteiger partial charge in [0.1, 0.15) is 16.2 Å². The van der Waals surface area contributed by atoms with Crippen molar-refractivity contribution in [2.75, 3.05) is 7.11 Å². The molecule has 0 bridgehead atoms. The highest BCUT2D eigenvalue weighted by Crippen LogP contribution is 2.21. The number of hydrogen-bond donors (Lipinski definition) is 0. The maximum Gasteiger partial charge on any atom is 0.434 e. The zero-order chi connectivity index (χ0) is 10.0. The molecule has 1 aromatic heterocycles. The van der Waals surface area contributed by atoms with Crippen LogP contribution < -0.4 is 0 Å². The second-order valence-electron chi connectivity index (χ2n) is 2.30. The highest BCUT2D eigenvalue weighted by atomic mass is 16.6. The average molecular weight is 185 g/mol. The van der Waals surface area contributed by atoms with E-state index in [9.17, 15) is 14.9 Å². The zero-order valence-corrected chi connectivity index (χ0v) is 7.07. The Hall–Kier alpha value is -1.85. The molecular weight excluding hydrogens is 178 g/mol. The molecule has 1 aromatic rings. The minimum Gasteiger partial charge on any atom is -0.465 e. The first-order valence-corrected chi connectivity index (χ1v) is 3.39. The van der Waals surface area contributed by atoms with E-state index in [1.54, 1.807) is 0 Å². The van der Waals surface area contributed by atoms with Gasteiger partial charge in [-0.3, -0.25) is 10.1 Å². The molecule has 0 N–H and O–H groups in total. The van der Waals surface area contributed by atoms with E-state index in [2.05, 4.69) is 4.74 Å².